The van der Waals surface area contributed by atoms with E-state index in [0.717, 1.165) is 22.3 Å². The Hall–Kier alpha value is -3.39. The van der Waals surface area contributed by atoms with Gasteiger partial charge in [-0.25, -0.2) is 9.59 Å². The fourth-order valence-corrected chi connectivity index (χ4v) is 4.08. The summed E-state index contributed by atoms with van der Waals surface area (Å²) in [5, 5.41) is 23.2. The van der Waals surface area contributed by atoms with Crippen LogP contribution in [0, 0.1) is 5.92 Å². The minimum atomic E-state index is -1.22. The number of carboxylic acid groups (broad SMARTS) is 1. The van der Waals surface area contributed by atoms with Crippen LogP contribution in [-0.2, 0) is 14.3 Å². The molecule has 1 unspecified atom stereocenters. The van der Waals surface area contributed by atoms with Crippen LogP contribution in [0.2, 0.25) is 0 Å². The van der Waals surface area contributed by atoms with E-state index in [1.807, 2.05) is 50.2 Å². The monoisotopic (exact) mass is 454 g/mol. The third kappa shape index (κ3) is 5.90. The van der Waals surface area contributed by atoms with E-state index in [1.165, 1.54) is 0 Å². The molecule has 2 aromatic carbocycles. The van der Waals surface area contributed by atoms with Gasteiger partial charge < -0.3 is 25.6 Å². The number of alkyl carbamates (subject to hydrolysis) is 1. The van der Waals surface area contributed by atoms with Gasteiger partial charge in [0.05, 0.1) is 0 Å². The van der Waals surface area contributed by atoms with Gasteiger partial charge in [0.25, 0.3) is 0 Å². The molecular weight excluding hydrogens is 424 g/mol. The van der Waals surface area contributed by atoms with Gasteiger partial charge in [-0.3, -0.25) is 4.79 Å². The lowest BCUT2D eigenvalue weighted by Crippen LogP contribution is -2.46. The van der Waals surface area contributed by atoms with E-state index in [-0.39, 0.29) is 37.9 Å². The smallest absolute Gasteiger partial charge is 0.407 e. The number of hydrogen-bond donors (Lipinski definition) is 4. The topological polar surface area (TPSA) is 125 Å². The predicted molar refractivity (Wildman–Crippen MR) is 123 cm³/mol. The SMILES string of the molecule is CC(C)C(CC(=O)N[C@H](CCO)C(=O)O)NC(=O)OCC1c2ccccc2-c2ccccc21. The molecule has 0 saturated carbocycles. The maximum atomic E-state index is 12.6. The summed E-state index contributed by atoms with van der Waals surface area (Å²) in [4.78, 5) is 36.1. The first-order chi connectivity index (χ1) is 15.8. The molecule has 8 heteroatoms. The molecule has 3 rings (SSSR count). The van der Waals surface area contributed by atoms with Crippen LogP contribution < -0.4 is 10.6 Å². The second-order valence-electron chi connectivity index (χ2n) is 8.50. The Labute approximate surface area is 193 Å². The third-order valence-corrected chi connectivity index (χ3v) is 5.91. The van der Waals surface area contributed by atoms with Gasteiger partial charge in [-0.1, -0.05) is 62.4 Å². The lowest BCUT2D eigenvalue weighted by Gasteiger charge is -2.23. The molecule has 176 valence electrons. The number of nitrogens with one attached hydrogen (secondary N) is 2. The number of carboxylic acids is 1. The highest BCUT2D eigenvalue weighted by Crippen LogP contribution is 2.44. The summed E-state index contributed by atoms with van der Waals surface area (Å²) in [5.74, 6) is -1.90. The average molecular weight is 455 g/mol. The molecule has 2 atom stereocenters. The summed E-state index contributed by atoms with van der Waals surface area (Å²) in [5.41, 5.74) is 4.48. The molecule has 1 aliphatic rings. The number of benzene rings is 2. The molecule has 1 aliphatic carbocycles. The minimum Gasteiger partial charge on any atom is -0.480 e. The summed E-state index contributed by atoms with van der Waals surface area (Å²) in [7, 11) is 0. The van der Waals surface area contributed by atoms with Crippen LogP contribution in [-0.4, -0.2) is 53.5 Å². The molecular formula is C25H30N2O6. The number of aliphatic hydroxyl groups is 1. The van der Waals surface area contributed by atoms with Gasteiger partial charge in [-0.2, -0.15) is 0 Å². The Balaban J connectivity index is 1.60. The summed E-state index contributed by atoms with van der Waals surface area (Å²) in [6.07, 6.45) is -0.821. The van der Waals surface area contributed by atoms with Crippen LogP contribution in [0.5, 0.6) is 0 Å². The summed E-state index contributed by atoms with van der Waals surface area (Å²) in [6, 6.07) is 14.4. The minimum absolute atomic E-state index is 0.0706. The predicted octanol–water partition coefficient (Wildman–Crippen LogP) is 2.89. The maximum absolute atomic E-state index is 12.6. The molecule has 2 amide bonds. The van der Waals surface area contributed by atoms with E-state index in [4.69, 9.17) is 14.9 Å². The molecule has 2 aromatic rings. The normalized spacial score (nSPS) is 14.2. The first-order valence-electron chi connectivity index (χ1n) is 11.1. The van der Waals surface area contributed by atoms with Crippen molar-refractivity contribution in [3.05, 3.63) is 59.7 Å². The number of rotatable bonds is 10. The number of amides is 2. The fourth-order valence-electron chi connectivity index (χ4n) is 4.08. The van der Waals surface area contributed by atoms with Crippen molar-refractivity contribution in [2.24, 2.45) is 5.92 Å². The number of ether oxygens (including phenoxy) is 1. The molecule has 0 radical (unpaired) electrons. The molecule has 0 spiro atoms. The van der Waals surface area contributed by atoms with Gasteiger partial charge in [-0.05, 0) is 28.2 Å². The maximum Gasteiger partial charge on any atom is 0.407 e. The second-order valence-corrected chi connectivity index (χ2v) is 8.50. The zero-order chi connectivity index (χ0) is 24.0. The average Bonchev–Trinajstić information content (AvgIpc) is 3.10. The van der Waals surface area contributed by atoms with Crippen LogP contribution in [0.15, 0.2) is 48.5 Å². The Kier molecular flexibility index (Phi) is 8.06. The number of hydrogen-bond acceptors (Lipinski definition) is 5. The lowest BCUT2D eigenvalue weighted by atomic mass is 9.98. The molecule has 0 aliphatic heterocycles. The van der Waals surface area contributed by atoms with E-state index in [1.54, 1.807) is 0 Å². The molecule has 4 N–H and O–H groups in total. The molecule has 33 heavy (non-hydrogen) atoms. The lowest BCUT2D eigenvalue weighted by molar-refractivity contribution is -0.142. The van der Waals surface area contributed by atoms with Crippen LogP contribution >= 0.6 is 0 Å². The Morgan fingerprint density at radius 1 is 0.970 bits per heavy atom. The van der Waals surface area contributed by atoms with E-state index < -0.39 is 30.1 Å². The summed E-state index contributed by atoms with van der Waals surface area (Å²) < 4.78 is 5.55. The second kappa shape index (κ2) is 11.0. The van der Waals surface area contributed by atoms with Crippen LogP contribution in [0.4, 0.5) is 4.79 Å². The molecule has 0 bridgehead atoms. The number of aliphatic carboxylic acids is 1. The highest BCUT2D eigenvalue weighted by molar-refractivity contribution is 5.84. The van der Waals surface area contributed by atoms with Gasteiger partial charge in [0.15, 0.2) is 0 Å². The molecule has 0 saturated heterocycles. The van der Waals surface area contributed by atoms with Crippen molar-refractivity contribution in [3.8, 4) is 11.1 Å². The highest BCUT2D eigenvalue weighted by atomic mass is 16.5. The first kappa shape index (κ1) is 24.3. The number of fused-ring (bicyclic) bond motifs is 3. The van der Waals surface area contributed by atoms with Crippen molar-refractivity contribution in [2.45, 2.75) is 44.7 Å². The van der Waals surface area contributed by atoms with Gasteiger partial charge in [0, 0.05) is 31.4 Å². The molecule has 8 nitrogen and oxygen atoms in total. The van der Waals surface area contributed by atoms with Gasteiger partial charge in [0.1, 0.15) is 12.6 Å². The van der Waals surface area contributed by atoms with E-state index in [0.29, 0.717) is 0 Å². The van der Waals surface area contributed by atoms with E-state index in [9.17, 15) is 14.4 Å². The van der Waals surface area contributed by atoms with E-state index in [2.05, 4.69) is 22.8 Å². The molecule has 0 aromatic heterocycles. The molecule has 0 heterocycles. The van der Waals surface area contributed by atoms with Crippen LogP contribution in [0.25, 0.3) is 11.1 Å². The van der Waals surface area contributed by atoms with Crippen molar-refractivity contribution in [1.29, 1.82) is 0 Å². The summed E-state index contributed by atoms with van der Waals surface area (Å²) in [6.45, 7) is 3.51. The van der Waals surface area contributed by atoms with Crippen molar-refractivity contribution < 1.29 is 29.3 Å². The first-order valence-corrected chi connectivity index (χ1v) is 11.1. The van der Waals surface area contributed by atoms with Gasteiger partial charge >= 0.3 is 12.1 Å². The Bertz CT molecular complexity index is 960. The van der Waals surface area contributed by atoms with Gasteiger partial charge in [0.2, 0.25) is 5.91 Å². The third-order valence-electron chi connectivity index (χ3n) is 5.91. The fraction of sp³-hybridized carbons (Fsp3) is 0.400. The summed E-state index contributed by atoms with van der Waals surface area (Å²) >= 11 is 0. The Morgan fingerprint density at radius 2 is 1.55 bits per heavy atom. The Morgan fingerprint density at radius 3 is 2.06 bits per heavy atom. The zero-order valence-corrected chi connectivity index (χ0v) is 18.8. The van der Waals surface area contributed by atoms with Crippen LogP contribution in [0.1, 0.15) is 43.7 Å². The molecule has 0 fully saturated rings. The highest BCUT2D eigenvalue weighted by Gasteiger charge is 2.30. The number of carbonyl (C=O) groups excluding carboxylic acids is 2. The number of carbonyl (C=O) groups is 3. The van der Waals surface area contributed by atoms with Crippen molar-refractivity contribution in [2.75, 3.05) is 13.2 Å². The van der Waals surface area contributed by atoms with Crippen molar-refractivity contribution in [1.82, 2.24) is 10.6 Å². The van der Waals surface area contributed by atoms with Crippen LogP contribution in [0.3, 0.4) is 0 Å². The zero-order valence-electron chi connectivity index (χ0n) is 18.8. The van der Waals surface area contributed by atoms with Crippen molar-refractivity contribution in [3.63, 3.8) is 0 Å². The van der Waals surface area contributed by atoms with Crippen molar-refractivity contribution >= 4 is 18.0 Å². The largest absolute Gasteiger partial charge is 0.480 e. The number of aliphatic hydroxyl groups excluding tert-OH is 1. The quantitative estimate of drug-likeness (QED) is 0.438. The van der Waals surface area contributed by atoms with Gasteiger partial charge in [-0.15, -0.1) is 0 Å². The van der Waals surface area contributed by atoms with E-state index >= 15 is 0 Å². The standard InChI is InChI=1S/C25H30N2O6/c1-15(2)22(13-23(29)26-21(11-12-28)24(30)31)27-25(32)33-14-20-18-9-5-3-7-16(18)17-8-4-6-10-19(17)20/h3-10,15,20-22,28H,11-14H2,1-2H3,(H,26,29)(H,27,32)(H,30,31)/t21-,22?/m1/s1.